The van der Waals surface area contributed by atoms with Crippen molar-refractivity contribution in [2.75, 3.05) is 39.2 Å². The molecule has 1 aromatic rings. The molecule has 0 bridgehead atoms. The topological polar surface area (TPSA) is 116 Å². The van der Waals surface area contributed by atoms with Crippen LogP contribution in [-0.2, 0) is 14.9 Å². The van der Waals surface area contributed by atoms with Crippen LogP contribution in [0.5, 0.6) is 0 Å². The first-order valence-electron chi connectivity index (χ1n) is 8.16. The highest BCUT2D eigenvalue weighted by atomic mass is 32.2. The van der Waals surface area contributed by atoms with Crippen LogP contribution in [0.25, 0.3) is 0 Å². The van der Waals surface area contributed by atoms with Gasteiger partial charge in [0.25, 0.3) is 5.91 Å². The monoisotopic (exact) mass is 403 g/mol. The predicted octanol–water partition coefficient (Wildman–Crippen LogP) is 0.675. The molecule has 150 valence electrons. The second-order valence-electron chi connectivity index (χ2n) is 6.34. The molecule has 1 aliphatic rings. The zero-order valence-corrected chi connectivity index (χ0v) is 16.0. The van der Waals surface area contributed by atoms with Crippen molar-refractivity contribution in [3.05, 3.63) is 29.1 Å². The molecule has 2 N–H and O–H groups in total. The number of ether oxygens (including phenoxy) is 1. The minimum absolute atomic E-state index is 0.0786. The van der Waals surface area contributed by atoms with Gasteiger partial charge in [0.05, 0.1) is 22.9 Å². The minimum atomic E-state index is -4.16. The molecule has 27 heavy (non-hydrogen) atoms. The lowest BCUT2D eigenvalue weighted by molar-refractivity contribution is 0.0566. The molecule has 1 amide bonds. The number of piperidine rings is 1. The quantitative estimate of drug-likeness (QED) is 0.717. The van der Waals surface area contributed by atoms with Crippen molar-refractivity contribution in [2.24, 2.45) is 0 Å². The summed E-state index contributed by atoms with van der Waals surface area (Å²) < 4.78 is 47.2. The van der Waals surface area contributed by atoms with E-state index in [1.807, 2.05) is 4.72 Å². The Bertz CT molecular complexity index is 843. The highest BCUT2D eigenvalue weighted by Gasteiger charge is 2.31. The zero-order chi connectivity index (χ0) is 20.4. The molecule has 0 aromatic heterocycles. The Kier molecular flexibility index (Phi) is 6.39. The van der Waals surface area contributed by atoms with Gasteiger partial charge in [0.15, 0.2) is 0 Å². The van der Waals surface area contributed by atoms with Crippen molar-refractivity contribution in [3.63, 3.8) is 0 Å². The number of carboxylic acids is 1. The second kappa shape index (κ2) is 8.19. The van der Waals surface area contributed by atoms with E-state index in [1.54, 1.807) is 0 Å². The summed E-state index contributed by atoms with van der Waals surface area (Å²) in [5.41, 5.74) is -0.821. The van der Waals surface area contributed by atoms with Crippen molar-refractivity contribution in [3.8, 4) is 0 Å². The summed E-state index contributed by atoms with van der Waals surface area (Å²) >= 11 is 0. The van der Waals surface area contributed by atoms with Crippen molar-refractivity contribution in [2.45, 2.75) is 18.9 Å². The summed E-state index contributed by atoms with van der Waals surface area (Å²) in [7, 11) is 0.374. The SMILES string of the molecule is CO[C@H]1CCCN(S(=O)(=O)NC(=O)c2cc(F)c(C(=O)O)cc2N(C)C)C1. The Balaban J connectivity index is 2.32. The first-order valence-corrected chi connectivity index (χ1v) is 9.60. The highest BCUT2D eigenvalue weighted by molar-refractivity contribution is 7.87. The molecule has 0 saturated carbocycles. The van der Waals surface area contributed by atoms with Crippen molar-refractivity contribution in [1.82, 2.24) is 9.03 Å². The Labute approximate surface area is 156 Å². The average Bonchev–Trinajstić information content (AvgIpc) is 2.60. The van der Waals surface area contributed by atoms with Gasteiger partial charge in [-0.3, -0.25) is 4.79 Å². The fraction of sp³-hybridized carbons (Fsp3) is 0.500. The van der Waals surface area contributed by atoms with Gasteiger partial charge < -0.3 is 14.7 Å². The van der Waals surface area contributed by atoms with Crippen LogP contribution in [0.2, 0.25) is 0 Å². The van der Waals surface area contributed by atoms with Crippen molar-refractivity contribution < 1.29 is 32.2 Å². The van der Waals surface area contributed by atoms with Crippen LogP contribution in [0.4, 0.5) is 10.1 Å². The lowest BCUT2D eigenvalue weighted by Crippen LogP contribution is -2.49. The number of anilines is 1. The van der Waals surface area contributed by atoms with E-state index in [-0.39, 0.29) is 30.4 Å². The van der Waals surface area contributed by atoms with Crippen LogP contribution < -0.4 is 9.62 Å². The first-order chi connectivity index (χ1) is 12.6. The third-order valence-corrected chi connectivity index (χ3v) is 5.73. The summed E-state index contributed by atoms with van der Waals surface area (Å²) in [4.78, 5) is 25.0. The molecule has 1 atom stereocenters. The van der Waals surface area contributed by atoms with Gasteiger partial charge in [-0.25, -0.2) is 13.9 Å². The molecule has 2 rings (SSSR count). The maximum absolute atomic E-state index is 14.0. The van der Waals surface area contributed by atoms with Crippen LogP contribution in [0.3, 0.4) is 0 Å². The lowest BCUT2D eigenvalue weighted by Gasteiger charge is -2.31. The molecule has 1 saturated heterocycles. The van der Waals surface area contributed by atoms with E-state index >= 15 is 0 Å². The van der Waals surface area contributed by atoms with Gasteiger partial charge in [-0.1, -0.05) is 0 Å². The number of aromatic carboxylic acids is 1. The van der Waals surface area contributed by atoms with E-state index in [1.165, 1.54) is 26.1 Å². The van der Waals surface area contributed by atoms with Crippen LogP contribution >= 0.6 is 0 Å². The lowest BCUT2D eigenvalue weighted by atomic mass is 10.1. The minimum Gasteiger partial charge on any atom is -0.478 e. The van der Waals surface area contributed by atoms with E-state index in [4.69, 9.17) is 9.84 Å². The molecule has 0 spiro atoms. The number of methoxy groups -OCH3 is 1. The molecule has 0 unspecified atom stereocenters. The van der Waals surface area contributed by atoms with Crippen LogP contribution in [0.1, 0.15) is 33.6 Å². The van der Waals surface area contributed by atoms with Crippen molar-refractivity contribution >= 4 is 27.8 Å². The van der Waals surface area contributed by atoms with Gasteiger partial charge in [-0.2, -0.15) is 12.7 Å². The second-order valence-corrected chi connectivity index (χ2v) is 8.01. The Morgan fingerprint density at radius 1 is 1.33 bits per heavy atom. The number of amides is 1. The predicted molar refractivity (Wildman–Crippen MR) is 95.7 cm³/mol. The molecule has 9 nitrogen and oxygen atoms in total. The van der Waals surface area contributed by atoms with Gasteiger partial charge in [0.1, 0.15) is 5.82 Å². The molecular weight excluding hydrogens is 381 g/mol. The number of carbonyl (C=O) groups is 2. The molecular formula is C16H22FN3O6S. The summed E-state index contributed by atoms with van der Waals surface area (Å²) in [6.07, 6.45) is 1.02. The standard InChI is InChI=1S/C16H22FN3O6S/c1-19(2)14-8-11(16(22)23)13(17)7-12(14)15(21)18-27(24,25)20-6-4-5-10(9-20)26-3/h7-8,10H,4-6,9H2,1-3H3,(H,18,21)(H,22,23)/t10-/m0/s1. The number of hydrogen-bond acceptors (Lipinski definition) is 6. The molecule has 11 heteroatoms. The molecule has 1 heterocycles. The zero-order valence-electron chi connectivity index (χ0n) is 15.2. The maximum Gasteiger partial charge on any atom is 0.338 e. The summed E-state index contributed by atoms with van der Waals surface area (Å²) in [5, 5.41) is 9.03. The van der Waals surface area contributed by atoms with Gasteiger partial charge in [-0.15, -0.1) is 0 Å². The normalized spacial score (nSPS) is 18.1. The number of hydrogen-bond donors (Lipinski definition) is 2. The largest absolute Gasteiger partial charge is 0.478 e. The van der Waals surface area contributed by atoms with Crippen LogP contribution in [0, 0.1) is 5.82 Å². The van der Waals surface area contributed by atoms with E-state index in [0.29, 0.717) is 12.8 Å². The highest BCUT2D eigenvalue weighted by Crippen LogP contribution is 2.24. The Morgan fingerprint density at radius 3 is 2.56 bits per heavy atom. The van der Waals surface area contributed by atoms with Crippen LogP contribution in [-0.4, -0.2) is 70.1 Å². The van der Waals surface area contributed by atoms with Crippen molar-refractivity contribution in [1.29, 1.82) is 0 Å². The van der Waals surface area contributed by atoms with E-state index in [0.717, 1.165) is 16.4 Å². The maximum atomic E-state index is 14.0. The molecule has 1 aliphatic heterocycles. The fourth-order valence-corrected chi connectivity index (χ4v) is 4.04. The molecule has 0 aliphatic carbocycles. The van der Waals surface area contributed by atoms with Gasteiger partial charge >= 0.3 is 16.2 Å². The number of rotatable bonds is 6. The number of benzene rings is 1. The van der Waals surface area contributed by atoms with Gasteiger partial charge in [-0.05, 0) is 25.0 Å². The molecule has 1 aromatic carbocycles. The third-order valence-electron chi connectivity index (χ3n) is 4.28. The van der Waals surface area contributed by atoms with Gasteiger partial charge in [0, 0.05) is 34.3 Å². The van der Waals surface area contributed by atoms with Crippen LogP contribution in [0.15, 0.2) is 12.1 Å². The number of carboxylic acid groups (broad SMARTS) is 1. The Hall–Kier alpha value is -2.24. The Morgan fingerprint density at radius 2 is 2.00 bits per heavy atom. The van der Waals surface area contributed by atoms with Gasteiger partial charge in [0.2, 0.25) is 0 Å². The number of nitrogens with zero attached hydrogens (tertiary/aromatic N) is 2. The third kappa shape index (κ3) is 4.73. The average molecular weight is 403 g/mol. The van der Waals surface area contributed by atoms with E-state index in [2.05, 4.69) is 0 Å². The number of halogens is 1. The summed E-state index contributed by atoms with van der Waals surface area (Å²) in [5.74, 6) is -3.67. The van der Waals surface area contributed by atoms with E-state index in [9.17, 15) is 22.4 Å². The fourth-order valence-electron chi connectivity index (χ4n) is 2.83. The van der Waals surface area contributed by atoms with E-state index < -0.39 is 33.5 Å². The first kappa shape index (κ1) is 21.1. The summed E-state index contributed by atoms with van der Waals surface area (Å²) in [6, 6.07) is 1.71. The molecule has 0 radical (unpaired) electrons. The molecule has 1 fully saturated rings. The number of nitrogens with one attached hydrogen (secondary N) is 1. The number of carbonyl (C=O) groups excluding carboxylic acids is 1. The summed E-state index contributed by atoms with van der Waals surface area (Å²) in [6.45, 7) is 0.335. The smallest absolute Gasteiger partial charge is 0.338 e.